The van der Waals surface area contributed by atoms with E-state index in [-0.39, 0.29) is 11.9 Å². The van der Waals surface area contributed by atoms with Gasteiger partial charge in [0.15, 0.2) is 5.69 Å². The van der Waals surface area contributed by atoms with Crippen molar-refractivity contribution in [3.05, 3.63) is 34.9 Å². The van der Waals surface area contributed by atoms with Gasteiger partial charge in [0.05, 0.1) is 31.1 Å². The fourth-order valence-corrected chi connectivity index (χ4v) is 2.86. The minimum Gasteiger partial charge on any atom is -0.377 e. The van der Waals surface area contributed by atoms with E-state index in [1.165, 1.54) is 0 Å². The number of aromatic nitrogens is 4. The number of rotatable bonds is 3. The second-order valence-electron chi connectivity index (χ2n) is 5.54. The number of amides is 1. The minimum absolute atomic E-state index is 0.0578. The van der Waals surface area contributed by atoms with Crippen molar-refractivity contribution in [2.75, 3.05) is 19.8 Å². The molecular formula is C15H21N5O2. The van der Waals surface area contributed by atoms with Crippen LogP contribution in [0.25, 0.3) is 0 Å². The summed E-state index contributed by atoms with van der Waals surface area (Å²) in [7, 11) is 0. The maximum atomic E-state index is 12.9. The molecule has 2 aromatic rings. The van der Waals surface area contributed by atoms with Gasteiger partial charge in [-0.3, -0.25) is 14.6 Å². The van der Waals surface area contributed by atoms with Gasteiger partial charge in [0.2, 0.25) is 0 Å². The molecule has 7 heteroatoms. The van der Waals surface area contributed by atoms with E-state index < -0.39 is 0 Å². The Morgan fingerprint density at radius 2 is 2.32 bits per heavy atom. The number of nitrogens with one attached hydrogen (secondary N) is 1. The highest BCUT2D eigenvalue weighted by molar-refractivity contribution is 5.92. The molecule has 1 N–H and O–H groups in total. The summed E-state index contributed by atoms with van der Waals surface area (Å²) in [5, 5.41) is 11.4. The summed E-state index contributed by atoms with van der Waals surface area (Å²) in [5.41, 5.74) is 3.44. The number of hydrogen-bond donors (Lipinski definition) is 1. The van der Waals surface area contributed by atoms with E-state index >= 15 is 0 Å². The van der Waals surface area contributed by atoms with Gasteiger partial charge in [-0.05, 0) is 32.4 Å². The molecule has 1 amide bonds. The van der Waals surface area contributed by atoms with E-state index in [0.29, 0.717) is 25.5 Å². The summed E-state index contributed by atoms with van der Waals surface area (Å²) in [6.07, 6.45) is 1.77. The highest BCUT2D eigenvalue weighted by atomic mass is 16.5. The van der Waals surface area contributed by atoms with Crippen LogP contribution < -0.4 is 0 Å². The van der Waals surface area contributed by atoms with Crippen LogP contribution in [0.4, 0.5) is 0 Å². The molecule has 0 saturated carbocycles. The van der Waals surface area contributed by atoms with Gasteiger partial charge in [-0.1, -0.05) is 0 Å². The summed E-state index contributed by atoms with van der Waals surface area (Å²) in [5.74, 6) is -0.0578. The quantitative estimate of drug-likeness (QED) is 0.931. The molecule has 0 spiro atoms. The van der Waals surface area contributed by atoms with Crippen LogP contribution in [0.5, 0.6) is 0 Å². The number of nitrogens with zero attached hydrogens (tertiary/aromatic N) is 4. The summed E-state index contributed by atoms with van der Waals surface area (Å²) in [6, 6.07) is 1.70. The molecule has 22 heavy (non-hydrogen) atoms. The molecule has 118 valence electrons. The van der Waals surface area contributed by atoms with Crippen molar-refractivity contribution >= 4 is 5.91 Å². The monoisotopic (exact) mass is 303 g/mol. The minimum atomic E-state index is -0.143. The Morgan fingerprint density at radius 3 is 2.95 bits per heavy atom. The normalized spacial score (nSPS) is 18.7. The molecular weight excluding hydrogens is 282 g/mol. The summed E-state index contributed by atoms with van der Waals surface area (Å²) >= 11 is 0. The second kappa shape index (κ2) is 5.92. The van der Waals surface area contributed by atoms with Crippen molar-refractivity contribution in [3.8, 4) is 0 Å². The Bertz CT molecular complexity index is 675. The molecule has 0 unspecified atom stereocenters. The lowest BCUT2D eigenvalue weighted by Crippen LogP contribution is -2.44. The average molecular weight is 303 g/mol. The molecule has 1 aliphatic heterocycles. The first-order valence-electron chi connectivity index (χ1n) is 7.54. The lowest BCUT2D eigenvalue weighted by atomic mass is 10.1. The smallest absolute Gasteiger partial charge is 0.275 e. The number of morpholine rings is 1. The molecule has 0 aliphatic carbocycles. The van der Waals surface area contributed by atoms with Gasteiger partial charge in [-0.2, -0.15) is 10.2 Å². The van der Waals surface area contributed by atoms with E-state index in [4.69, 9.17) is 4.74 Å². The summed E-state index contributed by atoms with van der Waals surface area (Å²) in [4.78, 5) is 14.7. The molecule has 0 bridgehead atoms. The van der Waals surface area contributed by atoms with Gasteiger partial charge in [0, 0.05) is 18.8 Å². The maximum absolute atomic E-state index is 12.9. The molecule has 1 aliphatic rings. The van der Waals surface area contributed by atoms with Gasteiger partial charge >= 0.3 is 0 Å². The first kappa shape index (κ1) is 14.8. The van der Waals surface area contributed by atoms with Crippen LogP contribution in [0, 0.1) is 13.8 Å². The number of ether oxygens (including phenoxy) is 1. The third kappa shape index (κ3) is 2.52. The Balaban J connectivity index is 1.90. The molecule has 3 heterocycles. The van der Waals surface area contributed by atoms with E-state index in [0.717, 1.165) is 23.5 Å². The SMILES string of the molecule is CCn1nc(C(=O)N2CCOC[C@H]2c2[nH]ncc2C)cc1C. The fourth-order valence-electron chi connectivity index (χ4n) is 2.86. The Morgan fingerprint density at radius 1 is 1.50 bits per heavy atom. The van der Waals surface area contributed by atoms with Crippen molar-refractivity contribution < 1.29 is 9.53 Å². The third-order valence-electron chi connectivity index (χ3n) is 4.09. The molecule has 1 fully saturated rings. The van der Waals surface area contributed by atoms with Crippen molar-refractivity contribution in [2.24, 2.45) is 0 Å². The lowest BCUT2D eigenvalue weighted by molar-refractivity contribution is -0.00442. The van der Waals surface area contributed by atoms with Gasteiger partial charge in [0.25, 0.3) is 5.91 Å². The maximum Gasteiger partial charge on any atom is 0.275 e. The molecule has 1 saturated heterocycles. The number of carbonyl (C=O) groups excluding carboxylic acids is 1. The Labute approximate surface area is 129 Å². The number of hydrogen-bond acceptors (Lipinski definition) is 4. The summed E-state index contributed by atoms with van der Waals surface area (Å²) in [6.45, 7) is 8.28. The largest absolute Gasteiger partial charge is 0.377 e. The zero-order valence-electron chi connectivity index (χ0n) is 13.2. The molecule has 1 atom stereocenters. The van der Waals surface area contributed by atoms with Crippen molar-refractivity contribution in [3.63, 3.8) is 0 Å². The van der Waals surface area contributed by atoms with E-state index in [9.17, 15) is 4.79 Å². The zero-order valence-corrected chi connectivity index (χ0v) is 13.2. The first-order valence-corrected chi connectivity index (χ1v) is 7.54. The van der Waals surface area contributed by atoms with Crippen LogP contribution in [0.2, 0.25) is 0 Å². The molecule has 2 aromatic heterocycles. The fraction of sp³-hybridized carbons (Fsp3) is 0.533. The summed E-state index contributed by atoms with van der Waals surface area (Å²) < 4.78 is 7.40. The topological polar surface area (TPSA) is 76.0 Å². The molecule has 0 aromatic carbocycles. The number of aromatic amines is 1. The number of aryl methyl sites for hydroxylation is 3. The first-order chi connectivity index (χ1) is 10.6. The van der Waals surface area contributed by atoms with Gasteiger partial charge < -0.3 is 9.64 Å². The van der Waals surface area contributed by atoms with Crippen molar-refractivity contribution in [2.45, 2.75) is 33.4 Å². The molecule has 3 rings (SSSR count). The standard InChI is InChI=1S/C15H21N5O2/c1-4-20-11(3)7-12(18-20)15(21)19-5-6-22-9-13(19)14-10(2)8-16-17-14/h7-8,13H,4-6,9H2,1-3H3,(H,16,17)/t13-/m0/s1. The highest BCUT2D eigenvalue weighted by Gasteiger charge is 2.32. The average Bonchev–Trinajstić information content (AvgIpc) is 3.12. The van der Waals surface area contributed by atoms with E-state index in [1.807, 2.05) is 36.4 Å². The van der Waals surface area contributed by atoms with Crippen LogP contribution in [-0.2, 0) is 11.3 Å². The Hall–Kier alpha value is -2.15. The van der Waals surface area contributed by atoms with Gasteiger partial charge in [-0.15, -0.1) is 0 Å². The van der Waals surface area contributed by atoms with E-state index in [1.54, 1.807) is 6.20 Å². The van der Waals surface area contributed by atoms with Crippen LogP contribution in [-0.4, -0.2) is 50.5 Å². The second-order valence-corrected chi connectivity index (χ2v) is 5.54. The zero-order chi connectivity index (χ0) is 15.7. The number of carbonyl (C=O) groups is 1. The third-order valence-corrected chi connectivity index (χ3v) is 4.09. The van der Waals surface area contributed by atoms with Crippen molar-refractivity contribution in [1.29, 1.82) is 0 Å². The predicted octanol–water partition coefficient (Wildman–Crippen LogP) is 1.46. The Kier molecular flexibility index (Phi) is 3.98. The predicted molar refractivity (Wildman–Crippen MR) is 80.6 cm³/mol. The molecule has 0 radical (unpaired) electrons. The van der Waals surface area contributed by atoms with Crippen LogP contribution in [0.3, 0.4) is 0 Å². The van der Waals surface area contributed by atoms with Crippen LogP contribution in [0.1, 0.15) is 40.4 Å². The number of H-pyrrole nitrogens is 1. The highest BCUT2D eigenvalue weighted by Crippen LogP contribution is 2.26. The van der Waals surface area contributed by atoms with E-state index in [2.05, 4.69) is 15.3 Å². The van der Waals surface area contributed by atoms with Crippen LogP contribution in [0.15, 0.2) is 12.3 Å². The van der Waals surface area contributed by atoms with Gasteiger partial charge in [0.1, 0.15) is 0 Å². The lowest BCUT2D eigenvalue weighted by Gasteiger charge is -2.34. The van der Waals surface area contributed by atoms with Crippen LogP contribution >= 0.6 is 0 Å². The van der Waals surface area contributed by atoms with Crippen molar-refractivity contribution in [1.82, 2.24) is 24.9 Å². The van der Waals surface area contributed by atoms with Gasteiger partial charge in [-0.25, -0.2) is 0 Å². The molecule has 7 nitrogen and oxygen atoms in total.